The molecule has 4 aromatic carbocycles. The summed E-state index contributed by atoms with van der Waals surface area (Å²) in [5.41, 5.74) is 1.92. The van der Waals surface area contributed by atoms with Crippen molar-refractivity contribution < 1.29 is 97.4 Å². The van der Waals surface area contributed by atoms with E-state index in [-0.39, 0.29) is 108 Å². The second-order valence-electron chi connectivity index (χ2n) is 13.8. The van der Waals surface area contributed by atoms with E-state index in [9.17, 15) is 25.9 Å². The normalized spacial score (nSPS) is 14.3. The van der Waals surface area contributed by atoms with E-state index in [1.807, 2.05) is 70.5 Å². The molecular formula is C40H42N12Na2O8S2. The van der Waals surface area contributed by atoms with Crippen molar-refractivity contribution in [1.82, 2.24) is 29.9 Å². The summed E-state index contributed by atoms with van der Waals surface area (Å²) in [4.78, 5) is 30.1. The van der Waals surface area contributed by atoms with Gasteiger partial charge in [-0.3, -0.25) is 9.11 Å². The van der Waals surface area contributed by atoms with Crippen LogP contribution in [-0.2, 0) is 29.7 Å². The topological polar surface area (TPSA) is 259 Å². The van der Waals surface area contributed by atoms with Gasteiger partial charge in [-0.2, -0.15) is 46.7 Å². The Kier molecular flexibility index (Phi) is 16.6. The van der Waals surface area contributed by atoms with Crippen molar-refractivity contribution in [2.75, 3.05) is 83.7 Å². The van der Waals surface area contributed by atoms with Crippen LogP contribution in [0.25, 0.3) is 12.2 Å². The third kappa shape index (κ3) is 12.9. The van der Waals surface area contributed by atoms with Gasteiger partial charge in [0.1, 0.15) is 9.79 Å². The molecule has 0 amide bonds. The summed E-state index contributed by atoms with van der Waals surface area (Å²) in [6.45, 7) is 4.13. The van der Waals surface area contributed by atoms with Gasteiger partial charge in [-0.25, -0.2) is 0 Å². The fraction of sp³-hybridized carbons (Fsp3) is 0.200. The van der Waals surface area contributed by atoms with Crippen LogP contribution >= 0.6 is 0 Å². The van der Waals surface area contributed by atoms with Crippen molar-refractivity contribution in [3.05, 3.63) is 108 Å². The number of benzene rings is 4. The molecule has 6 N–H and O–H groups in total. The van der Waals surface area contributed by atoms with Crippen LogP contribution < -0.4 is 90.2 Å². The summed E-state index contributed by atoms with van der Waals surface area (Å²) >= 11 is 0. The van der Waals surface area contributed by atoms with Gasteiger partial charge >= 0.3 is 59.1 Å². The smallest absolute Gasteiger partial charge is 1.00 e. The van der Waals surface area contributed by atoms with Gasteiger partial charge in [0.25, 0.3) is 20.2 Å². The average Bonchev–Trinajstić information content (AvgIpc) is 3.27. The number of ether oxygens (including phenoxy) is 2. The van der Waals surface area contributed by atoms with Crippen LogP contribution in [0, 0.1) is 0 Å². The van der Waals surface area contributed by atoms with E-state index in [0.717, 1.165) is 11.4 Å². The summed E-state index contributed by atoms with van der Waals surface area (Å²) in [7, 11) is -9.67. The molecule has 8 rings (SSSR count). The van der Waals surface area contributed by atoms with Crippen molar-refractivity contribution in [3.8, 4) is 0 Å². The molecule has 6 aromatic rings. The molecule has 2 fully saturated rings. The summed E-state index contributed by atoms with van der Waals surface area (Å²) in [5, 5.41) is 12.3. The van der Waals surface area contributed by atoms with E-state index >= 15 is 0 Å². The number of aromatic nitrogens is 6. The Bertz CT molecular complexity index is 2630. The quantitative estimate of drug-likeness (QED) is 0.0462. The van der Waals surface area contributed by atoms with E-state index in [2.05, 4.69) is 51.2 Å². The number of hydrogen-bond donors (Lipinski definition) is 6. The predicted molar refractivity (Wildman–Crippen MR) is 235 cm³/mol. The van der Waals surface area contributed by atoms with Gasteiger partial charge in [-0.1, -0.05) is 60.7 Å². The van der Waals surface area contributed by atoms with Crippen molar-refractivity contribution >= 4 is 90.8 Å². The molecule has 0 aliphatic carbocycles. The van der Waals surface area contributed by atoms with Crippen LogP contribution in [0.3, 0.4) is 0 Å². The molecule has 0 bridgehead atoms. The van der Waals surface area contributed by atoms with Crippen LogP contribution in [0.2, 0.25) is 0 Å². The van der Waals surface area contributed by atoms with Crippen molar-refractivity contribution in [3.63, 3.8) is 0 Å². The Morgan fingerprint density at radius 2 is 0.812 bits per heavy atom. The molecule has 0 spiro atoms. The molecule has 0 radical (unpaired) electrons. The minimum Gasteiger partial charge on any atom is -1.00 e. The second-order valence-corrected chi connectivity index (χ2v) is 16.6. The fourth-order valence-corrected chi connectivity index (χ4v) is 7.87. The Morgan fingerprint density at radius 3 is 1.14 bits per heavy atom. The van der Waals surface area contributed by atoms with Crippen molar-refractivity contribution in [2.45, 2.75) is 9.79 Å². The summed E-state index contributed by atoms with van der Waals surface area (Å²) in [6.07, 6.45) is 2.60. The molecule has 2 saturated heterocycles. The maximum absolute atomic E-state index is 12.7. The Morgan fingerprint density at radius 1 is 0.484 bits per heavy atom. The summed E-state index contributed by atoms with van der Waals surface area (Å²) in [5.74, 6) is 1.38. The molecule has 24 heteroatoms. The van der Waals surface area contributed by atoms with E-state index in [0.29, 0.717) is 64.5 Å². The minimum absolute atomic E-state index is 0. The van der Waals surface area contributed by atoms with Crippen LogP contribution in [0.1, 0.15) is 14.0 Å². The van der Waals surface area contributed by atoms with Gasteiger partial charge < -0.3 is 43.4 Å². The zero-order valence-corrected chi connectivity index (χ0v) is 40.4. The van der Waals surface area contributed by atoms with Crippen LogP contribution in [-0.4, -0.2) is 108 Å². The van der Waals surface area contributed by atoms with Gasteiger partial charge in [0.2, 0.25) is 35.7 Å². The molecule has 0 saturated carbocycles. The number of nitrogens with zero attached hydrogens (tertiary/aromatic N) is 8. The number of hydrogen-bond acceptors (Lipinski definition) is 18. The van der Waals surface area contributed by atoms with E-state index in [1.54, 1.807) is 0 Å². The largest absolute Gasteiger partial charge is 1.00 e. The number of anilines is 10. The average molecular weight is 929 g/mol. The number of morpholine rings is 2. The zero-order chi connectivity index (χ0) is 43.1. The summed E-state index contributed by atoms with van der Waals surface area (Å²) in [6, 6.07) is 26.8. The molecular weight excluding hydrogens is 887 g/mol. The first kappa shape index (κ1) is 48.6. The molecule has 20 nitrogen and oxygen atoms in total. The maximum atomic E-state index is 12.7. The third-order valence-corrected chi connectivity index (χ3v) is 11.3. The second kappa shape index (κ2) is 21.9. The number of para-hydroxylation sites is 2. The monoisotopic (exact) mass is 928 g/mol. The van der Waals surface area contributed by atoms with Crippen molar-refractivity contribution in [2.24, 2.45) is 0 Å². The minimum atomic E-state index is -4.83. The first-order valence-electron chi connectivity index (χ1n) is 19.2. The summed E-state index contributed by atoms with van der Waals surface area (Å²) < 4.78 is 82.5. The van der Waals surface area contributed by atoms with E-state index in [4.69, 9.17) is 9.47 Å². The molecule has 64 heavy (non-hydrogen) atoms. The van der Waals surface area contributed by atoms with Gasteiger partial charge in [0.05, 0.1) is 26.4 Å². The number of nitrogens with one attached hydrogen (secondary N) is 4. The molecule has 0 unspecified atom stereocenters. The van der Waals surface area contributed by atoms with Gasteiger partial charge in [-0.15, -0.1) is 0 Å². The first-order chi connectivity index (χ1) is 29.9. The van der Waals surface area contributed by atoms with Gasteiger partial charge in [0, 0.05) is 48.9 Å². The Hall–Kier alpha value is -4.82. The van der Waals surface area contributed by atoms with Crippen LogP contribution in [0.4, 0.5) is 58.4 Å². The maximum Gasteiger partial charge on any atom is 1.00 e. The Balaban J connectivity index is 0.00000238. The predicted octanol–water partition coefficient (Wildman–Crippen LogP) is -0.399. The fourth-order valence-electron chi connectivity index (χ4n) is 6.45. The van der Waals surface area contributed by atoms with E-state index in [1.165, 1.54) is 48.6 Å². The van der Waals surface area contributed by atoms with Gasteiger partial charge in [-0.05, 0) is 59.7 Å². The molecule has 2 aliphatic rings. The van der Waals surface area contributed by atoms with Crippen LogP contribution in [0.15, 0.2) is 107 Å². The molecule has 324 valence electrons. The van der Waals surface area contributed by atoms with Crippen LogP contribution in [0.5, 0.6) is 0 Å². The molecule has 2 aromatic heterocycles. The SMILES string of the molecule is O=S(=O)(O)c1cc(Nc2nc(Nc3ccccc3)nc(N3CCOCC3)n2)ccc1C=Cc1ccc(Nc2nc(Nc3ccccc3)nc(N3CCOCC3)n2)cc1S(=O)(=O)O.[H-].[H-].[Na+].[Na+]. The third-order valence-electron chi connectivity index (χ3n) is 9.43. The van der Waals surface area contributed by atoms with Gasteiger partial charge in [0.15, 0.2) is 0 Å². The first-order valence-corrected chi connectivity index (χ1v) is 22.1. The standard InChI is InChI=1S/C40H40N12O8S2.2Na.2H/c53-61(54,55)33-25-31(43-37-45-35(41-29-7-3-1-4-8-29)47-39(49-37)51-17-21-59-22-18-51)15-13-27(33)11-12-28-14-16-32(26-34(28)62(56,57)58)44-38-46-36(42-30-9-5-2-6-10-30)48-40(50-38)52-19-23-60-24-20-52;;;;/h1-16,25-26H,17-24H2,(H,53,54,55)(H,56,57,58)(H2,41,43,45,47,49)(H2,42,44,46,48,50);;;;/q;2*+1;2*-1. The molecule has 0 atom stereocenters. The zero-order valence-electron chi connectivity index (χ0n) is 36.8. The Labute approximate surface area is 416 Å². The molecule has 4 heterocycles. The molecule has 2 aliphatic heterocycles. The number of rotatable bonds is 14. The van der Waals surface area contributed by atoms with E-state index < -0.39 is 30.0 Å². The van der Waals surface area contributed by atoms with Crippen molar-refractivity contribution in [1.29, 1.82) is 0 Å².